The van der Waals surface area contributed by atoms with E-state index in [1.807, 2.05) is 0 Å². The van der Waals surface area contributed by atoms with Crippen LogP contribution in [0.5, 0.6) is 0 Å². The molecule has 1 aromatic rings. The van der Waals surface area contributed by atoms with Crippen molar-refractivity contribution in [2.75, 3.05) is 18.9 Å². The number of nitrogen functional groups attached to an aromatic ring is 1. The first-order valence-corrected chi connectivity index (χ1v) is 8.27. The van der Waals surface area contributed by atoms with Crippen molar-refractivity contribution in [2.45, 2.75) is 0 Å². The van der Waals surface area contributed by atoms with Crippen molar-refractivity contribution in [1.29, 1.82) is 0 Å². The molecule has 0 aliphatic carbocycles. The zero-order chi connectivity index (χ0) is 14.5. The van der Waals surface area contributed by atoms with E-state index in [0.717, 1.165) is 0 Å². The summed E-state index contributed by atoms with van der Waals surface area (Å²) < 4.78 is 21.4. The van der Waals surface area contributed by atoms with Gasteiger partial charge in [0.15, 0.2) is 0 Å². The Morgan fingerprint density at radius 3 is 1.84 bits per heavy atom. The summed E-state index contributed by atoms with van der Waals surface area (Å²) in [4.78, 5) is 22.1. The molecule has 0 unspecified atom stereocenters. The van der Waals surface area contributed by atoms with E-state index in [-0.39, 0.29) is 4.35 Å². The number of aliphatic hydroxyl groups is 2. The van der Waals surface area contributed by atoms with Crippen molar-refractivity contribution in [2.24, 2.45) is 0 Å². The van der Waals surface area contributed by atoms with Crippen LogP contribution >= 0.6 is 0 Å². The van der Waals surface area contributed by atoms with Crippen LogP contribution in [0.4, 0.5) is 5.69 Å². The third-order valence-corrected chi connectivity index (χ3v) is 5.73. The van der Waals surface area contributed by atoms with Gasteiger partial charge < -0.3 is 0 Å². The Labute approximate surface area is 111 Å². The van der Waals surface area contributed by atoms with Gasteiger partial charge in [-0.05, 0) is 0 Å². The van der Waals surface area contributed by atoms with Gasteiger partial charge in [0, 0.05) is 0 Å². The van der Waals surface area contributed by atoms with Crippen LogP contribution in [-0.2, 0) is 20.8 Å². The van der Waals surface area contributed by atoms with Gasteiger partial charge in [-0.2, -0.15) is 0 Å². The van der Waals surface area contributed by atoms with Crippen molar-refractivity contribution in [3.63, 3.8) is 0 Å². The van der Waals surface area contributed by atoms with Crippen molar-refractivity contribution in [3.8, 4) is 0 Å². The standard InChI is InChI=1S/C10H12AsNO7/c12-8-3-1-7(2-4-8)11(17,18-9(15)5-13)19-10(16)6-14/h1-4,13-14H,5-6,12H2. The maximum atomic E-state index is 12.4. The van der Waals surface area contributed by atoms with Gasteiger partial charge in [-0.1, -0.05) is 0 Å². The second-order valence-electron chi connectivity index (χ2n) is 3.33. The molecule has 0 saturated carbocycles. The molecule has 104 valence electrons. The Morgan fingerprint density at radius 2 is 1.47 bits per heavy atom. The van der Waals surface area contributed by atoms with E-state index in [9.17, 15) is 13.3 Å². The molecule has 0 spiro atoms. The third kappa shape index (κ3) is 4.13. The number of hydrogen-bond acceptors (Lipinski definition) is 8. The molecule has 8 nitrogen and oxygen atoms in total. The number of carbonyl (C=O) groups excluding carboxylic acids is 2. The zero-order valence-electron chi connectivity index (χ0n) is 9.68. The van der Waals surface area contributed by atoms with Crippen LogP contribution in [0, 0.1) is 0 Å². The van der Waals surface area contributed by atoms with Gasteiger partial charge in [-0.15, -0.1) is 0 Å². The van der Waals surface area contributed by atoms with E-state index in [4.69, 9.17) is 15.9 Å². The fraction of sp³-hybridized carbons (Fsp3) is 0.200. The molecular formula is C10H12AsNO7. The number of hydrogen-bond donors (Lipinski definition) is 3. The van der Waals surface area contributed by atoms with Crippen molar-refractivity contribution >= 4 is 36.1 Å². The van der Waals surface area contributed by atoms with E-state index >= 15 is 0 Å². The fourth-order valence-electron chi connectivity index (χ4n) is 1.11. The van der Waals surface area contributed by atoms with Gasteiger partial charge in [0.05, 0.1) is 0 Å². The van der Waals surface area contributed by atoms with Crippen molar-refractivity contribution < 1.29 is 31.0 Å². The van der Waals surface area contributed by atoms with Crippen molar-refractivity contribution in [1.82, 2.24) is 0 Å². The summed E-state index contributed by atoms with van der Waals surface area (Å²) in [6.45, 7) is -2.03. The van der Waals surface area contributed by atoms with Crippen LogP contribution in [0.15, 0.2) is 24.3 Å². The van der Waals surface area contributed by atoms with E-state index in [2.05, 4.69) is 7.45 Å². The molecule has 0 aliphatic rings. The maximum absolute atomic E-state index is 12.4. The first kappa shape index (κ1) is 15.3. The van der Waals surface area contributed by atoms with Gasteiger partial charge >= 0.3 is 110 Å². The molecule has 0 aromatic heterocycles. The summed E-state index contributed by atoms with van der Waals surface area (Å²) in [5.74, 6) is -2.41. The number of anilines is 1. The SMILES string of the molecule is Nc1ccc([As](=O)(OC(=O)CO)OC(=O)CO)cc1. The summed E-state index contributed by atoms with van der Waals surface area (Å²) in [6, 6.07) is 5.29. The molecule has 1 aromatic carbocycles. The predicted octanol–water partition coefficient (Wildman–Crippen LogP) is -2.08. The molecule has 19 heavy (non-hydrogen) atoms. The fourth-order valence-corrected chi connectivity index (χ4v) is 4.07. The molecular weight excluding hydrogens is 321 g/mol. The quantitative estimate of drug-likeness (QED) is 0.412. The Hall–Kier alpha value is -1.76. The molecule has 0 aliphatic heterocycles. The summed E-state index contributed by atoms with van der Waals surface area (Å²) in [5.41, 5.74) is 5.81. The molecule has 4 N–H and O–H groups in total. The number of aliphatic hydroxyl groups excluding tert-OH is 2. The van der Waals surface area contributed by atoms with Gasteiger partial charge in [0.2, 0.25) is 0 Å². The minimum absolute atomic E-state index is 0.0454. The van der Waals surface area contributed by atoms with Crippen LogP contribution in [0.3, 0.4) is 0 Å². The van der Waals surface area contributed by atoms with Crippen molar-refractivity contribution in [3.05, 3.63) is 24.3 Å². The average molecular weight is 333 g/mol. The van der Waals surface area contributed by atoms with Gasteiger partial charge in [-0.25, -0.2) is 0 Å². The Morgan fingerprint density at radius 1 is 1.05 bits per heavy atom. The molecule has 1 rings (SSSR count). The predicted molar refractivity (Wildman–Crippen MR) is 63.3 cm³/mol. The number of rotatable bonds is 5. The molecule has 0 atom stereocenters. The Bertz CT molecular complexity index is 491. The Balaban J connectivity index is 3.10. The van der Waals surface area contributed by atoms with E-state index in [1.165, 1.54) is 24.3 Å². The summed E-state index contributed by atoms with van der Waals surface area (Å²) in [6.07, 6.45) is 0. The molecule has 0 amide bonds. The van der Waals surface area contributed by atoms with Crippen LogP contribution < -0.4 is 10.1 Å². The van der Waals surface area contributed by atoms with Gasteiger partial charge in [0.25, 0.3) is 0 Å². The molecule has 0 saturated heterocycles. The number of carbonyl (C=O) groups is 2. The van der Waals surface area contributed by atoms with E-state index < -0.39 is 39.3 Å². The molecule has 0 bridgehead atoms. The van der Waals surface area contributed by atoms with Gasteiger partial charge in [-0.3, -0.25) is 0 Å². The van der Waals surface area contributed by atoms with E-state index in [0.29, 0.717) is 5.69 Å². The number of benzene rings is 1. The molecule has 0 heterocycles. The third-order valence-electron chi connectivity index (χ3n) is 1.91. The zero-order valence-corrected chi connectivity index (χ0v) is 11.6. The monoisotopic (exact) mass is 333 g/mol. The first-order chi connectivity index (χ1) is 8.91. The van der Waals surface area contributed by atoms with Crippen LogP contribution in [-0.4, -0.2) is 49.5 Å². The van der Waals surface area contributed by atoms with Crippen LogP contribution in [0.1, 0.15) is 0 Å². The second-order valence-corrected chi connectivity index (χ2v) is 7.27. The summed E-state index contributed by atoms with van der Waals surface area (Å²) in [7, 11) is 0. The van der Waals surface area contributed by atoms with Crippen LogP contribution in [0.2, 0.25) is 0 Å². The summed E-state index contributed by atoms with van der Waals surface area (Å²) in [5, 5.41) is 17.2. The second kappa shape index (κ2) is 6.42. The first-order valence-electron chi connectivity index (χ1n) is 5.04. The average Bonchev–Trinajstić information content (AvgIpc) is 2.38. The topological polar surface area (TPSA) is 136 Å². The Kier molecular flexibility index (Phi) is 5.17. The minimum atomic E-state index is -5.03. The van der Waals surface area contributed by atoms with Crippen LogP contribution in [0.25, 0.3) is 0 Å². The molecule has 0 radical (unpaired) electrons. The van der Waals surface area contributed by atoms with Gasteiger partial charge in [0.1, 0.15) is 0 Å². The van der Waals surface area contributed by atoms with E-state index in [1.54, 1.807) is 0 Å². The number of nitrogens with two attached hydrogens (primary N) is 1. The normalized spacial score (nSPS) is 10.8. The molecule has 9 heteroatoms. The molecule has 0 fully saturated rings. The summed E-state index contributed by atoms with van der Waals surface area (Å²) >= 11 is -5.03.